The second-order valence-electron chi connectivity index (χ2n) is 4.30. The molecule has 0 aliphatic heterocycles. The van der Waals surface area contributed by atoms with Crippen LogP contribution in [0, 0.1) is 0 Å². The van der Waals surface area contributed by atoms with Gasteiger partial charge in [0.1, 0.15) is 30.6 Å². The Bertz CT molecular complexity index is 684. The molecule has 2 N–H and O–H groups in total. The molecule has 1 heterocycles. The zero-order valence-electron chi connectivity index (χ0n) is 12.3. The van der Waals surface area contributed by atoms with E-state index < -0.39 is 0 Å². The Morgan fingerprint density at radius 2 is 2.05 bits per heavy atom. The summed E-state index contributed by atoms with van der Waals surface area (Å²) in [6.45, 7) is 1.99. The van der Waals surface area contributed by atoms with Crippen LogP contribution in [0.4, 0.5) is 5.82 Å². The van der Waals surface area contributed by atoms with E-state index in [0.29, 0.717) is 12.0 Å². The topological polar surface area (TPSA) is 99.7 Å². The summed E-state index contributed by atoms with van der Waals surface area (Å²) >= 11 is 0. The molecule has 0 atom stereocenters. The lowest BCUT2D eigenvalue weighted by molar-refractivity contribution is 0.112. The number of hydrogen-bond donors (Lipinski definition) is 1. The summed E-state index contributed by atoms with van der Waals surface area (Å²) in [5.41, 5.74) is 7.49. The number of nitrogen functional groups attached to an aromatic ring is 1. The van der Waals surface area contributed by atoms with Gasteiger partial charge in [0.25, 0.3) is 0 Å². The number of aromatic nitrogens is 2. The van der Waals surface area contributed by atoms with Gasteiger partial charge in [0.05, 0.1) is 5.71 Å². The van der Waals surface area contributed by atoms with Crippen LogP contribution >= 0.6 is 0 Å². The molecular formula is C15H16N4O3. The van der Waals surface area contributed by atoms with Crippen molar-refractivity contribution in [1.82, 2.24) is 9.97 Å². The van der Waals surface area contributed by atoms with E-state index in [4.69, 9.17) is 15.3 Å². The second kappa shape index (κ2) is 7.16. The minimum atomic E-state index is 0.0807. The second-order valence-corrected chi connectivity index (χ2v) is 4.30. The molecular weight excluding hydrogens is 284 g/mol. The van der Waals surface area contributed by atoms with Gasteiger partial charge in [-0.3, -0.25) is 4.79 Å². The van der Waals surface area contributed by atoms with Gasteiger partial charge in [-0.15, -0.1) is 0 Å². The molecule has 2 aromatic rings. The van der Waals surface area contributed by atoms with Crippen LogP contribution in [0.5, 0.6) is 11.6 Å². The Kier molecular flexibility index (Phi) is 5.02. The molecule has 0 saturated heterocycles. The summed E-state index contributed by atoms with van der Waals surface area (Å²) in [5.74, 6) is 0.728. The highest BCUT2D eigenvalue weighted by Gasteiger charge is 2.11. The van der Waals surface area contributed by atoms with Crippen molar-refractivity contribution in [3.63, 3.8) is 0 Å². The number of carbonyl (C=O) groups is 1. The van der Waals surface area contributed by atoms with Gasteiger partial charge in [-0.25, -0.2) is 9.97 Å². The molecule has 7 nitrogen and oxygen atoms in total. The SMILES string of the molecule is CCC(=NOC)c1ccc(Oc2ncnc(N)c2C=O)cc1. The lowest BCUT2D eigenvalue weighted by Gasteiger charge is -2.08. The molecule has 0 fully saturated rings. The first-order valence-electron chi connectivity index (χ1n) is 6.63. The van der Waals surface area contributed by atoms with Crippen LogP contribution < -0.4 is 10.5 Å². The fourth-order valence-corrected chi connectivity index (χ4v) is 1.84. The molecule has 0 amide bonds. The monoisotopic (exact) mass is 300 g/mol. The number of benzene rings is 1. The molecule has 0 saturated carbocycles. The van der Waals surface area contributed by atoms with Crippen LogP contribution in [0.1, 0.15) is 29.3 Å². The number of hydrogen-bond acceptors (Lipinski definition) is 7. The van der Waals surface area contributed by atoms with E-state index in [1.807, 2.05) is 19.1 Å². The number of oxime groups is 1. The standard InChI is InChI=1S/C15H16N4O3/c1-3-13(19-21-2)10-4-6-11(7-5-10)22-15-12(8-20)14(16)17-9-18-15/h4-9H,3H2,1-2H3,(H2,16,17,18). The van der Waals surface area contributed by atoms with E-state index in [9.17, 15) is 4.79 Å². The summed E-state index contributed by atoms with van der Waals surface area (Å²) in [4.78, 5) is 23.5. The van der Waals surface area contributed by atoms with Gasteiger partial charge in [-0.05, 0) is 36.2 Å². The van der Waals surface area contributed by atoms with E-state index >= 15 is 0 Å². The Labute approximate surface area is 127 Å². The molecule has 1 aromatic heterocycles. The summed E-state index contributed by atoms with van der Waals surface area (Å²) in [7, 11) is 1.51. The highest BCUT2D eigenvalue weighted by Crippen LogP contribution is 2.24. The maximum atomic E-state index is 11.0. The Balaban J connectivity index is 2.24. The molecule has 0 radical (unpaired) electrons. The third kappa shape index (κ3) is 3.38. The highest BCUT2D eigenvalue weighted by atomic mass is 16.6. The highest BCUT2D eigenvalue weighted by molar-refractivity contribution is 6.00. The van der Waals surface area contributed by atoms with E-state index in [1.165, 1.54) is 13.4 Å². The van der Waals surface area contributed by atoms with E-state index in [-0.39, 0.29) is 17.3 Å². The van der Waals surface area contributed by atoms with Crippen LogP contribution in [0.15, 0.2) is 35.7 Å². The number of anilines is 1. The number of nitrogens with two attached hydrogens (primary N) is 1. The maximum Gasteiger partial charge on any atom is 0.235 e. The molecule has 0 aliphatic carbocycles. The minimum Gasteiger partial charge on any atom is -0.438 e. The van der Waals surface area contributed by atoms with Crippen molar-refractivity contribution < 1.29 is 14.4 Å². The Morgan fingerprint density at radius 1 is 1.32 bits per heavy atom. The van der Waals surface area contributed by atoms with Crippen molar-refractivity contribution >= 4 is 17.8 Å². The van der Waals surface area contributed by atoms with E-state index in [0.717, 1.165) is 17.7 Å². The number of ether oxygens (including phenoxy) is 1. The van der Waals surface area contributed by atoms with Crippen LogP contribution in [0.2, 0.25) is 0 Å². The van der Waals surface area contributed by atoms with Gasteiger partial charge in [0.2, 0.25) is 5.88 Å². The van der Waals surface area contributed by atoms with Crippen molar-refractivity contribution in [3.8, 4) is 11.6 Å². The van der Waals surface area contributed by atoms with Gasteiger partial charge in [-0.1, -0.05) is 12.1 Å². The molecule has 7 heteroatoms. The normalized spacial score (nSPS) is 11.1. The third-order valence-corrected chi connectivity index (χ3v) is 2.93. The Hall–Kier alpha value is -2.96. The zero-order valence-corrected chi connectivity index (χ0v) is 12.3. The zero-order chi connectivity index (χ0) is 15.9. The van der Waals surface area contributed by atoms with Gasteiger partial charge in [0.15, 0.2) is 6.29 Å². The fraction of sp³-hybridized carbons (Fsp3) is 0.200. The Morgan fingerprint density at radius 3 is 2.64 bits per heavy atom. The van der Waals surface area contributed by atoms with Gasteiger partial charge in [0, 0.05) is 0 Å². The molecule has 0 unspecified atom stereocenters. The first kappa shape index (κ1) is 15.4. The van der Waals surface area contributed by atoms with E-state index in [2.05, 4.69) is 15.1 Å². The summed E-state index contributed by atoms with van der Waals surface area (Å²) in [6.07, 6.45) is 2.55. The molecule has 0 aliphatic rings. The molecule has 22 heavy (non-hydrogen) atoms. The number of aldehydes is 1. The van der Waals surface area contributed by atoms with Crippen molar-refractivity contribution in [2.24, 2.45) is 5.16 Å². The van der Waals surface area contributed by atoms with Crippen molar-refractivity contribution in [3.05, 3.63) is 41.7 Å². The first-order chi connectivity index (χ1) is 10.7. The smallest absolute Gasteiger partial charge is 0.235 e. The summed E-state index contributed by atoms with van der Waals surface area (Å²) < 4.78 is 5.58. The van der Waals surface area contributed by atoms with Crippen molar-refractivity contribution in [2.75, 3.05) is 12.8 Å². The summed E-state index contributed by atoms with van der Waals surface area (Å²) in [5, 5.41) is 3.96. The summed E-state index contributed by atoms with van der Waals surface area (Å²) in [6, 6.07) is 7.20. The first-order valence-corrected chi connectivity index (χ1v) is 6.63. The average Bonchev–Trinajstić information content (AvgIpc) is 2.54. The fourth-order valence-electron chi connectivity index (χ4n) is 1.84. The van der Waals surface area contributed by atoms with Gasteiger partial charge in [-0.2, -0.15) is 0 Å². The number of carbonyl (C=O) groups excluding carboxylic acids is 1. The quantitative estimate of drug-likeness (QED) is 0.499. The largest absolute Gasteiger partial charge is 0.438 e. The third-order valence-electron chi connectivity index (χ3n) is 2.93. The molecule has 0 spiro atoms. The minimum absolute atomic E-state index is 0.0807. The van der Waals surface area contributed by atoms with Gasteiger partial charge >= 0.3 is 0 Å². The molecule has 2 rings (SSSR count). The molecule has 1 aromatic carbocycles. The molecule has 114 valence electrons. The number of nitrogens with zero attached hydrogens (tertiary/aromatic N) is 3. The van der Waals surface area contributed by atoms with Crippen LogP contribution in [-0.2, 0) is 4.84 Å². The lowest BCUT2D eigenvalue weighted by Crippen LogP contribution is -2.02. The average molecular weight is 300 g/mol. The van der Waals surface area contributed by atoms with Crippen molar-refractivity contribution in [2.45, 2.75) is 13.3 Å². The molecule has 0 bridgehead atoms. The van der Waals surface area contributed by atoms with Crippen LogP contribution in [0.3, 0.4) is 0 Å². The van der Waals surface area contributed by atoms with E-state index in [1.54, 1.807) is 12.1 Å². The predicted molar refractivity (Wildman–Crippen MR) is 82.2 cm³/mol. The van der Waals surface area contributed by atoms with Crippen LogP contribution in [0.25, 0.3) is 0 Å². The number of rotatable bonds is 6. The van der Waals surface area contributed by atoms with Crippen molar-refractivity contribution in [1.29, 1.82) is 0 Å². The van der Waals surface area contributed by atoms with Gasteiger partial charge < -0.3 is 15.3 Å². The predicted octanol–water partition coefficient (Wildman–Crippen LogP) is 2.42. The van der Waals surface area contributed by atoms with Crippen LogP contribution in [-0.4, -0.2) is 29.1 Å². The lowest BCUT2D eigenvalue weighted by atomic mass is 10.1. The maximum absolute atomic E-state index is 11.0.